The van der Waals surface area contributed by atoms with E-state index < -0.39 is 0 Å². The van der Waals surface area contributed by atoms with Crippen LogP contribution in [0.15, 0.2) is 18.2 Å². The summed E-state index contributed by atoms with van der Waals surface area (Å²) in [5, 5.41) is 19.0. The van der Waals surface area contributed by atoms with Crippen molar-refractivity contribution in [2.24, 2.45) is 0 Å². The molecular formula is C15H21NO3. The highest BCUT2D eigenvalue weighted by Crippen LogP contribution is 2.26. The molecule has 4 heteroatoms. The van der Waals surface area contributed by atoms with E-state index in [1.807, 2.05) is 4.90 Å². The summed E-state index contributed by atoms with van der Waals surface area (Å²) >= 11 is 0. The third kappa shape index (κ3) is 3.19. The lowest BCUT2D eigenvalue weighted by molar-refractivity contribution is 0.0600. The van der Waals surface area contributed by atoms with E-state index in [-0.39, 0.29) is 23.4 Å². The van der Waals surface area contributed by atoms with Crippen LogP contribution in [-0.2, 0) is 0 Å². The number of phenols is 2. The van der Waals surface area contributed by atoms with Crippen LogP contribution in [-0.4, -0.2) is 33.6 Å². The number of hydrogen-bond acceptors (Lipinski definition) is 3. The summed E-state index contributed by atoms with van der Waals surface area (Å²) in [6, 6.07) is 4.35. The highest BCUT2D eigenvalue weighted by molar-refractivity contribution is 5.95. The largest absolute Gasteiger partial charge is 0.508 e. The number of carbonyl (C=O) groups is 1. The predicted octanol–water partition coefficient (Wildman–Crippen LogP) is 2.89. The van der Waals surface area contributed by atoms with Crippen LogP contribution < -0.4 is 0 Å². The Labute approximate surface area is 113 Å². The fourth-order valence-corrected chi connectivity index (χ4v) is 2.79. The third-order valence-electron chi connectivity index (χ3n) is 3.66. The molecule has 19 heavy (non-hydrogen) atoms. The molecule has 0 bridgehead atoms. The van der Waals surface area contributed by atoms with Crippen LogP contribution in [0, 0.1) is 0 Å². The zero-order valence-corrected chi connectivity index (χ0v) is 11.3. The maximum absolute atomic E-state index is 12.5. The van der Waals surface area contributed by atoms with E-state index >= 15 is 0 Å². The fourth-order valence-electron chi connectivity index (χ4n) is 2.79. The quantitative estimate of drug-likeness (QED) is 0.881. The van der Waals surface area contributed by atoms with E-state index in [1.165, 1.54) is 24.6 Å². The highest BCUT2D eigenvalue weighted by Gasteiger charge is 2.27. The van der Waals surface area contributed by atoms with Crippen molar-refractivity contribution in [3.05, 3.63) is 23.8 Å². The molecule has 1 unspecified atom stereocenters. The molecule has 1 fully saturated rings. The van der Waals surface area contributed by atoms with E-state index in [9.17, 15) is 15.0 Å². The molecular weight excluding hydrogens is 242 g/mol. The Hall–Kier alpha value is -1.71. The van der Waals surface area contributed by atoms with Gasteiger partial charge >= 0.3 is 0 Å². The summed E-state index contributed by atoms with van der Waals surface area (Å²) < 4.78 is 0. The Morgan fingerprint density at radius 2 is 1.95 bits per heavy atom. The van der Waals surface area contributed by atoms with Crippen molar-refractivity contribution >= 4 is 5.91 Å². The number of carbonyl (C=O) groups excluding carboxylic acids is 1. The van der Waals surface area contributed by atoms with Crippen LogP contribution in [0.1, 0.15) is 49.4 Å². The SMILES string of the molecule is CCCC1CCCCN1C(=O)c1cc(O)cc(O)c1. The summed E-state index contributed by atoms with van der Waals surface area (Å²) in [4.78, 5) is 14.4. The van der Waals surface area contributed by atoms with Gasteiger partial charge in [0.05, 0.1) is 0 Å². The molecule has 1 saturated heterocycles. The van der Waals surface area contributed by atoms with Gasteiger partial charge in [-0.25, -0.2) is 0 Å². The lowest BCUT2D eigenvalue weighted by Crippen LogP contribution is -2.43. The summed E-state index contributed by atoms with van der Waals surface area (Å²) in [6.07, 6.45) is 5.30. The normalized spacial score (nSPS) is 19.4. The monoisotopic (exact) mass is 263 g/mol. The second-order valence-corrected chi connectivity index (χ2v) is 5.17. The number of amides is 1. The van der Waals surface area contributed by atoms with E-state index in [0.29, 0.717) is 5.56 Å². The topological polar surface area (TPSA) is 60.8 Å². The van der Waals surface area contributed by atoms with Crippen LogP contribution in [0.2, 0.25) is 0 Å². The zero-order valence-electron chi connectivity index (χ0n) is 11.3. The molecule has 1 aliphatic rings. The number of benzene rings is 1. The lowest BCUT2D eigenvalue weighted by Gasteiger charge is -2.36. The van der Waals surface area contributed by atoms with Gasteiger partial charge in [-0.05, 0) is 37.8 Å². The van der Waals surface area contributed by atoms with Crippen molar-refractivity contribution in [3.63, 3.8) is 0 Å². The molecule has 0 spiro atoms. The smallest absolute Gasteiger partial charge is 0.254 e. The number of nitrogens with zero attached hydrogens (tertiary/aromatic N) is 1. The van der Waals surface area contributed by atoms with Crippen molar-refractivity contribution in [2.75, 3.05) is 6.54 Å². The number of piperidine rings is 1. The zero-order chi connectivity index (χ0) is 13.8. The van der Waals surface area contributed by atoms with Gasteiger partial charge in [-0.2, -0.15) is 0 Å². The standard InChI is InChI=1S/C15H21NO3/c1-2-5-12-6-3-4-7-16(12)15(19)11-8-13(17)10-14(18)9-11/h8-10,12,17-18H,2-7H2,1H3. The lowest BCUT2D eigenvalue weighted by atomic mass is 9.97. The highest BCUT2D eigenvalue weighted by atomic mass is 16.3. The van der Waals surface area contributed by atoms with Crippen LogP contribution in [0.4, 0.5) is 0 Å². The molecule has 104 valence electrons. The second kappa shape index (κ2) is 5.95. The van der Waals surface area contributed by atoms with Gasteiger partial charge in [0.1, 0.15) is 11.5 Å². The number of aromatic hydroxyl groups is 2. The molecule has 1 atom stereocenters. The Balaban J connectivity index is 2.20. The molecule has 2 rings (SSSR count). The molecule has 0 aromatic heterocycles. The Kier molecular flexibility index (Phi) is 4.30. The minimum Gasteiger partial charge on any atom is -0.508 e. The van der Waals surface area contributed by atoms with E-state index in [4.69, 9.17) is 0 Å². The summed E-state index contributed by atoms with van der Waals surface area (Å²) in [5.41, 5.74) is 0.362. The first-order valence-electron chi connectivity index (χ1n) is 6.96. The maximum atomic E-state index is 12.5. The molecule has 4 nitrogen and oxygen atoms in total. The number of hydrogen-bond donors (Lipinski definition) is 2. The average molecular weight is 263 g/mol. The van der Waals surface area contributed by atoms with Crippen LogP contribution in [0.5, 0.6) is 11.5 Å². The molecule has 1 heterocycles. The van der Waals surface area contributed by atoms with Gasteiger partial charge in [-0.1, -0.05) is 13.3 Å². The minimum absolute atomic E-state index is 0.0765. The van der Waals surface area contributed by atoms with Gasteiger partial charge in [0.2, 0.25) is 0 Å². The molecule has 1 aliphatic heterocycles. The Bertz CT molecular complexity index is 436. The fraction of sp³-hybridized carbons (Fsp3) is 0.533. The molecule has 0 radical (unpaired) electrons. The first kappa shape index (κ1) is 13.7. The van der Waals surface area contributed by atoms with Crippen molar-refractivity contribution in [1.29, 1.82) is 0 Å². The van der Waals surface area contributed by atoms with Gasteiger partial charge in [0.25, 0.3) is 5.91 Å². The number of likely N-dealkylation sites (tertiary alicyclic amines) is 1. The Morgan fingerprint density at radius 3 is 2.58 bits per heavy atom. The van der Waals surface area contributed by atoms with Gasteiger partial charge in [-0.3, -0.25) is 4.79 Å². The first-order chi connectivity index (χ1) is 9.11. The van der Waals surface area contributed by atoms with Crippen molar-refractivity contribution in [2.45, 2.75) is 45.1 Å². The average Bonchev–Trinajstić information content (AvgIpc) is 2.38. The molecule has 2 N–H and O–H groups in total. The third-order valence-corrected chi connectivity index (χ3v) is 3.66. The van der Waals surface area contributed by atoms with Crippen molar-refractivity contribution < 1.29 is 15.0 Å². The second-order valence-electron chi connectivity index (χ2n) is 5.17. The number of rotatable bonds is 3. The minimum atomic E-state index is -0.0932. The summed E-state index contributed by atoms with van der Waals surface area (Å²) in [5.74, 6) is -0.246. The maximum Gasteiger partial charge on any atom is 0.254 e. The number of phenolic OH excluding ortho intramolecular Hbond substituents is 2. The van der Waals surface area contributed by atoms with Gasteiger partial charge in [0.15, 0.2) is 0 Å². The molecule has 0 aliphatic carbocycles. The first-order valence-corrected chi connectivity index (χ1v) is 6.96. The van der Waals surface area contributed by atoms with Gasteiger partial charge in [-0.15, -0.1) is 0 Å². The van der Waals surface area contributed by atoms with Gasteiger partial charge in [0, 0.05) is 24.2 Å². The molecule has 1 aromatic rings. The molecule has 0 saturated carbocycles. The summed E-state index contributed by atoms with van der Waals surface area (Å²) in [6.45, 7) is 2.89. The van der Waals surface area contributed by atoms with Crippen molar-refractivity contribution in [1.82, 2.24) is 4.90 Å². The summed E-state index contributed by atoms with van der Waals surface area (Å²) in [7, 11) is 0. The Morgan fingerprint density at radius 1 is 1.26 bits per heavy atom. The van der Waals surface area contributed by atoms with E-state index in [0.717, 1.165) is 32.2 Å². The van der Waals surface area contributed by atoms with E-state index in [1.54, 1.807) is 0 Å². The van der Waals surface area contributed by atoms with Crippen molar-refractivity contribution in [3.8, 4) is 11.5 Å². The van der Waals surface area contributed by atoms with Crippen LogP contribution in [0.3, 0.4) is 0 Å². The molecule has 1 amide bonds. The van der Waals surface area contributed by atoms with Crippen LogP contribution in [0.25, 0.3) is 0 Å². The molecule has 1 aromatic carbocycles. The van der Waals surface area contributed by atoms with Crippen LogP contribution >= 0.6 is 0 Å². The van der Waals surface area contributed by atoms with E-state index in [2.05, 4.69) is 6.92 Å². The predicted molar refractivity (Wildman–Crippen MR) is 73.4 cm³/mol. The van der Waals surface area contributed by atoms with Gasteiger partial charge < -0.3 is 15.1 Å².